The molecule has 0 aliphatic heterocycles. The third-order valence-electron chi connectivity index (χ3n) is 6.34. The Kier molecular flexibility index (Phi) is 56.4. The Morgan fingerprint density at radius 1 is 0.463 bits per heavy atom. The minimum absolute atomic E-state index is 0. The molecule has 2 aliphatic rings. The van der Waals surface area contributed by atoms with E-state index in [-0.39, 0.29) is 15.0 Å². The van der Waals surface area contributed by atoms with Crippen molar-refractivity contribution < 1.29 is 7.56 Å². The van der Waals surface area contributed by atoms with Crippen molar-refractivity contribution in [1.82, 2.24) is 0 Å². The molecule has 0 aromatic rings. The molecule has 41 heavy (non-hydrogen) atoms. The lowest BCUT2D eigenvalue weighted by atomic mass is 9.78. The van der Waals surface area contributed by atoms with Gasteiger partial charge in [-0.15, -0.1) is 0 Å². The Morgan fingerprint density at radius 2 is 0.634 bits per heavy atom. The lowest BCUT2D eigenvalue weighted by Gasteiger charge is -2.28. The first-order valence-corrected chi connectivity index (χ1v) is 17.2. The third kappa shape index (κ3) is 63.7. The molecule has 0 radical (unpaired) electrons. The zero-order chi connectivity index (χ0) is 30.9. The van der Waals surface area contributed by atoms with Crippen molar-refractivity contribution >= 4 is 12.4 Å². The van der Waals surface area contributed by atoms with Crippen molar-refractivity contribution in [2.24, 2.45) is 45.5 Å². The van der Waals surface area contributed by atoms with Crippen molar-refractivity contribution in [2.45, 2.75) is 187 Å². The maximum Gasteiger partial charge on any atom is 0.0273 e. The molecule has 3 heteroatoms. The van der Waals surface area contributed by atoms with E-state index >= 15 is 0 Å². The maximum atomic E-state index is 3.86. The third-order valence-corrected chi connectivity index (χ3v) is 6.34. The van der Waals surface area contributed by atoms with Crippen LogP contribution in [-0.2, 0) is 0 Å². The van der Waals surface area contributed by atoms with Gasteiger partial charge in [0.2, 0.25) is 0 Å². The summed E-state index contributed by atoms with van der Waals surface area (Å²) in [5.74, 6) is 5.06. The first-order chi connectivity index (χ1) is 18.3. The van der Waals surface area contributed by atoms with Crippen LogP contribution in [0.3, 0.4) is 0 Å². The van der Waals surface area contributed by atoms with Crippen molar-refractivity contribution in [3.8, 4) is 0 Å². The van der Waals surface area contributed by atoms with Gasteiger partial charge in [-0.25, -0.2) is 0 Å². The predicted octanol–water partition coefficient (Wildman–Crippen LogP) is 14.4. The monoisotopic (exact) mass is 595 g/mol. The minimum atomic E-state index is 0. The molecule has 0 spiro atoms. The van der Waals surface area contributed by atoms with Gasteiger partial charge in [-0.3, -0.25) is 4.70 Å². The van der Waals surface area contributed by atoms with Crippen LogP contribution in [0.2, 0.25) is 0 Å². The maximum absolute atomic E-state index is 3.86. The van der Waals surface area contributed by atoms with E-state index in [0.717, 1.165) is 54.8 Å². The molecule has 0 atom stereocenters. The van der Waals surface area contributed by atoms with Crippen LogP contribution in [0.4, 0.5) is 4.70 Å². The number of hydrogen-bond acceptors (Lipinski definition) is 2. The van der Waals surface area contributed by atoms with E-state index in [2.05, 4.69) is 93.1 Å². The van der Waals surface area contributed by atoms with Gasteiger partial charge < -0.3 is 9.98 Å². The zero-order valence-electron chi connectivity index (χ0n) is 30.5. The summed E-state index contributed by atoms with van der Waals surface area (Å²) < 4.78 is 0. The highest BCUT2D eigenvalue weighted by Crippen LogP contribution is 2.27. The van der Waals surface area contributed by atoms with Crippen LogP contribution in [0, 0.1) is 35.5 Å². The van der Waals surface area contributed by atoms with Gasteiger partial charge in [0, 0.05) is 16.9 Å². The topological polar surface area (TPSA) is 24.7 Å². The van der Waals surface area contributed by atoms with E-state index in [0.29, 0.717) is 0 Å². The van der Waals surface area contributed by atoms with Gasteiger partial charge in [0.1, 0.15) is 0 Å². The van der Waals surface area contributed by atoms with Crippen LogP contribution in [0.25, 0.3) is 0 Å². The molecule has 2 aliphatic carbocycles. The minimum Gasteiger partial charge on any atom is -0.301 e. The highest BCUT2D eigenvalue weighted by Gasteiger charge is 2.20. The molecular formula is C38H89FN2. The molecule has 0 unspecified atom stereocenters. The van der Waals surface area contributed by atoms with E-state index in [1.54, 1.807) is 14.1 Å². The second kappa shape index (κ2) is 43.7. The van der Waals surface area contributed by atoms with Gasteiger partial charge in [0.05, 0.1) is 0 Å². The Bertz CT molecular complexity index is 393. The van der Waals surface area contributed by atoms with Crippen molar-refractivity contribution in [3.05, 3.63) is 0 Å². The van der Waals surface area contributed by atoms with Gasteiger partial charge >= 0.3 is 0 Å². The lowest BCUT2D eigenvalue weighted by Crippen LogP contribution is -2.21. The summed E-state index contributed by atoms with van der Waals surface area (Å²) in [6, 6.07) is 0. The summed E-state index contributed by atoms with van der Waals surface area (Å²) in [6.45, 7) is 26.9. The molecule has 0 bridgehead atoms. The first-order valence-electron chi connectivity index (χ1n) is 17.2. The molecule has 0 N–H and O–H groups in total. The zero-order valence-corrected chi connectivity index (χ0v) is 30.5. The van der Waals surface area contributed by atoms with Crippen LogP contribution in [0.1, 0.15) is 190 Å². The summed E-state index contributed by atoms with van der Waals surface area (Å²) in [5, 5.41) is 0. The highest BCUT2D eigenvalue weighted by atomic mass is 19.0. The van der Waals surface area contributed by atoms with Crippen LogP contribution in [0.5, 0.6) is 0 Å². The number of rotatable bonds is 7. The number of halogens is 1. The molecule has 2 nitrogen and oxygen atoms in total. The largest absolute Gasteiger partial charge is 0.301 e. The van der Waals surface area contributed by atoms with Crippen LogP contribution in [0.15, 0.2) is 9.98 Å². The Labute approximate surface area is 266 Å². The molecule has 0 saturated heterocycles. The quantitative estimate of drug-likeness (QED) is 0.207. The highest BCUT2D eigenvalue weighted by molar-refractivity contribution is 5.60. The SMILES string of the molecule is C.C1CCCCC1.C1CCCCC1.CC(C)C.CC(C)C.CC(C)C(C(C)C)C(C)C.CN=CCCCC=NC.F.[2HH].[2HH]. The van der Waals surface area contributed by atoms with E-state index in [9.17, 15) is 0 Å². The number of hydrogen-bond donors (Lipinski definition) is 0. The van der Waals surface area contributed by atoms with Crippen molar-refractivity contribution in [3.63, 3.8) is 0 Å². The Morgan fingerprint density at radius 3 is 0.732 bits per heavy atom. The van der Waals surface area contributed by atoms with E-state index < -0.39 is 0 Å². The number of nitrogens with zero attached hydrogens (tertiary/aromatic N) is 2. The number of aliphatic imine (C=N–C) groups is 2. The smallest absolute Gasteiger partial charge is 0.0273 e. The van der Waals surface area contributed by atoms with Crippen LogP contribution < -0.4 is 0 Å². The average molecular weight is 595 g/mol. The van der Waals surface area contributed by atoms with Crippen molar-refractivity contribution in [2.75, 3.05) is 14.1 Å². The second-order valence-corrected chi connectivity index (χ2v) is 13.8. The molecule has 0 amide bonds. The van der Waals surface area contributed by atoms with Gasteiger partial charge in [0.15, 0.2) is 0 Å². The molecule has 0 heterocycles. The Balaban J connectivity index is -0.0000000575. The standard InChI is InChI=1S/C10H22.C7H14N2.2C6H12.2C4H10.CH4.FH.2H2/c1-7(2)10(8(3)4)9(5)6;1-8-6-4-3-5-7-9-2;2*1-2-4-6-5-3-1;2*1-4(2)3;;;;/h7-10H,1-6H3;6-7H,3-5H2,1-2H3;2*1-6H2;2*4H,1-3H3;1H4;3*1H/i;;;;;;;;2*1+1. The summed E-state index contributed by atoms with van der Waals surface area (Å²) in [7, 11) is 3.60. The van der Waals surface area contributed by atoms with E-state index in [1.165, 1.54) is 77.0 Å². The van der Waals surface area contributed by atoms with Gasteiger partial charge in [-0.1, -0.05) is 168 Å². The molecule has 0 aromatic carbocycles. The molecule has 2 rings (SSSR count). The lowest BCUT2D eigenvalue weighted by molar-refractivity contribution is 0.212. The van der Waals surface area contributed by atoms with E-state index in [1.807, 2.05) is 12.4 Å². The second-order valence-electron chi connectivity index (χ2n) is 13.8. The molecule has 0 aromatic heterocycles. The van der Waals surface area contributed by atoms with Crippen LogP contribution >= 0.6 is 0 Å². The fourth-order valence-corrected chi connectivity index (χ4v) is 4.99. The molecule has 2 fully saturated rings. The summed E-state index contributed by atoms with van der Waals surface area (Å²) >= 11 is 0. The van der Waals surface area contributed by atoms with Crippen molar-refractivity contribution in [1.29, 1.82) is 0 Å². The summed E-state index contributed by atoms with van der Waals surface area (Å²) in [5.41, 5.74) is 0. The molecule has 258 valence electrons. The number of unbranched alkanes of at least 4 members (excludes halogenated alkanes) is 2. The first kappa shape index (κ1) is 52.9. The van der Waals surface area contributed by atoms with Gasteiger partial charge in [-0.05, 0) is 67.2 Å². The molecular weight excluding hydrogens is 503 g/mol. The average Bonchev–Trinajstić information content (AvgIpc) is 2.86. The van der Waals surface area contributed by atoms with Crippen LogP contribution in [-0.4, -0.2) is 26.5 Å². The predicted molar refractivity (Wildman–Crippen MR) is 201 cm³/mol. The summed E-state index contributed by atoms with van der Waals surface area (Å²) in [4.78, 5) is 7.73. The molecule has 2 saturated carbocycles. The fourth-order valence-electron chi connectivity index (χ4n) is 4.99. The fraction of sp³-hybridized carbons (Fsp3) is 0.947. The van der Waals surface area contributed by atoms with E-state index in [4.69, 9.17) is 0 Å². The Hall–Kier alpha value is -0.730. The van der Waals surface area contributed by atoms with Gasteiger partial charge in [-0.2, -0.15) is 0 Å². The normalized spacial score (nSPS) is 14.4. The summed E-state index contributed by atoms with van der Waals surface area (Å²) in [6.07, 6.45) is 25.2. The van der Waals surface area contributed by atoms with Gasteiger partial charge in [0.25, 0.3) is 0 Å².